The molecular formula is C43H64N9O8P. The van der Waals surface area contributed by atoms with Gasteiger partial charge in [-0.2, -0.15) is 20.7 Å². The summed E-state index contributed by atoms with van der Waals surface area (Å²) in [7, 11) is -3.77. The molecule has 3 heterocycles. The van der Waals surface area contributed by atoms with Crippen LogP contribution in [0.2, 0.25) is 0 Å². The molecule has 5 N–H and O–H groups in total. The van der Waals surface area contributed by atoms with Crippen molar-refractivity contribution in [2.45, 2.75) is 153 Å². The summed E-state index contributed by atoms with van der Waals surface area (Å²) in [4.78, 5) is 18.6. The fourth-order valence-corrected chi connectivity index (χ4v) is 8.02. The molecule has 0 aliphatic heterocycles. The summed E-state index contributed by atoms with van der Waals surface area (Å²) in [5.41, 5.74) is 5.64. The molecule has 17 nitrogen and oxygen atoms in total. The topological polar surface area (TPSA) is 249 Å². The molecule has 0 spiro atoms. The molecule has 0 radical (unpaired) electrons. The number of hydrogen-bond donors (Lipinski definition) is 4. The first-order valence-corrected chi connectivity index (χ1v) is 23.1. The number of benzene rings is 1. The molecule has 0 amide bonds. The van der Waals surface area contributed by atoms with E-state index in [0.717, 1.165) is 32.8 Å². The van der Waals surface area contributed by atoms with E-state index in [1.165, 1.54) is 124 Å². The standard InChI is InChI=1S/C43H64N9O8P/c1-3-4-5-6-7-8-9-10-11-12-13-14-15-16-17-18-19-20-36(58-27-34-21-22-37(35(25-34)26-44)51-33-47-31-49-51)28-59-61(55,56)60-30-43(29-45,57-2)41(54)40(53)38-23-24-39-42(46)48-32-50-52(38)39/h21-25,31-33,36,40-41,53-54H,3-20,27-28,30H2,1-2H3,(H,55,56)(H2,46,48,50)/t36-,40+,41+,43?/m1/s1. The van der Waals surface area contributed by atoms with Gasteiger partial charge < -0.3 is 30.3 Å². The van der Waals surface area contributed by atoms with Crippen LogP contribution < -0.4 is 5.73 Å². The van der Waals surface area contributed by atoms with Gasteiger partial charge in [0.1, 0.15) is 55.5 Å². The number of nitrogens with zero attached hydrogens (tertiary/aromatic N) is 8. The monoisotopic (exact) mass is 865 g/mol. The molecule has 4 aromatic rings. The number of aliphatic hydroxyl groups is 2. The van der Waals surface area contributed by atoms with Crippen molar-refractivity contribution in [3.8, 4) is 17.8 Å². The highest BCUT2D eigenvalue weighted by molar-refractivity contribution is 7.47. The van der Waals surface area contributed by atoms with Crippen LogP contribution >= 0.6 is 7.82 Å². The van der Waals surface area contributed by atoms with E-state index in [1.54, 1.807) is 24.3 Å². The van der Waals surface area contributed by atoms with E-state index in [-0.39, 0.29) is 24.7 Å². The van der Waals surface area contributed by atoms with Crippen molar-refractivity contribution in [3.63, 3.8) is 0 Å². The summed E-state index contributed by atoms with van der Waals surface area (Å²) in [6.07, 6.45) is 21.3. The summed E-state index contributed by atoms with van der Waals surface area (Å²) in [5, 5.41) is 50.3. The maximum absolute atomic E-state index is 13.2. The third-order valence-corrected chi connectivity index (χ3v) is 11.9. The molecule has 61 heavy (non-hydrogen) atoms. The van der Waals surface area contributed by atoms with Crippen molar-refractivity contribution in [1.82, 2.24) is 29.4 Å². The van der Waals surface area contributed by atoms with Crippen molar-refractivity contribution in [2.24, 2.45) is 0 Å². The lowest BCUT2D eigenvalue weighted by Gasteiger charge is -2.33. The molecule has 4 rings (SSSR count). The molecule has 0 saturated carbocycles. The van der Waals surface area contributed by atoms with Gasteiger partial charge in [-0.3, -0.25) is 9.05 Å². The van der Waals surface area contributed by atoms with Crippen molar-refractivity contribution in [2.75, 3.05) is 26.1 Å². The van der Waals surface area contributed by atoms with Crippen LogP contribution in [0.25, 0.3) is 11.2 Å². The van der Waals surface area contributed by atoms with E-state index in [1.807, 2.05) is 0 Å². The molecule has 3 aromatic heterocycles. The zero-order chi connectivity index (χ0) is 43.9. The number of phosphoric acid groups is 1. The van der Waals surface area contributed by atoms with E-state index >= 15 is 0 Å². The first-order chi connectivity index (χ1) is 29.6. The second-order valence-corrected chi connectivity index (χ2v) is 17.0. The number of hydrogen-bond acceptors (Lipinski definition) is 14. The summed E-state index contributed by atoms with van der Waals surface area (Å²) < 4.78 is 38.1. The first-order valence-electron chi connectivity index (χ1n) is 21.6. The SMILES string of the molecule is CCCCCCCCCCCCCCCCCCC[C@H](COP(=O)(O)OCC(C#N)(OC)[C@@H](O)[C@@H](O)c1ccc2c(N)ncnn12)OCc1ccc(-n2cncn2)c(C#N)c1. The van der Waals surface area contributed by atoms with Crippen molar-refractivity contribution in [1.29, 1.82) is 10.5 Å². The minimum atomic E-state index is -4.87. The number of methoxy groups -OCH3 is 1. The van der Waals surface area contributed by atoms with Crippen LogP contribution in [-0.4, -0.2) is 82.6 Å². The summed E-state index contributed by atoms with van der Waals surface area (Å²) in [6.45, 7) is 1.08. The zero-order valence-corrected chi connectivity index (χ0v) is 36.6. The Hall–Kier alpha value is -4.29. The Kier molecular flexibility index (Phi) is 21.2. The maximum atomic E-state index is 13.2. The minimum Gasteiger partial charge on any atom is -0.386 e. The summed E-state index contributed by atoms with van der Waals surface area (Å²) in [5.74, 6) is 0.128. The fraction of sp³-hybridized carbons (Fsp3) is 0.628. The molecule has 2 unspecified atom stereocenters. The molecule has 1 aromatic carbocycles. The van der Waals surface area contributed by atoms with E-state index in [2.05, 4.69) is 33.2 Å². The van der Waals surface area contributed by atoms with Crippen LogP contribution in [0.3, 0.4) is 0 Å². The molecule has 0 fully saturated rings. The van der Waals surface area contributed by atoms with Gasteiger partial charge in [0, 0.05) is 7.11 Å². The average Bonchev–Trinajstić information content (AvgIpc) is 3.97. The third kappa shape index (κ3) is 15.5. The molecule has 0 bridgehead atoms. The van der Waals surface area contributed by atoms with Crippen molar-refractivity contribution in [3.05, 3.63) is 66.1 Å². The Labute approximate surface area is 359 Å². The van der Waals surface area contributed by atoms with Gasteiger partial charge in [-0.1, -0.05) is 122 Å². The Bertz CT molecular complexity index is 2000. The van der Waals surface area contributed by atoms with Gasteiger partial charge in [0.2, 0.25) is 5.60 Å². The lowest BCUT2D eigenvalue weighted by atomic mass is 9.93. The molecule has 0 aliphatic rings. The first kappa shape index (κ1) is 49.4. The van der Waals surface area contributed by atoms with Gasteiger partial charge in [0.25, 0.3) is 0 Å². The third-order valence-electron chi connectivity index (χ3n) is 11.0. The lowest BCUT2D eigenvalue weighted by molar-refractivity contribution is -0.134. The fourth-order valence-electron chi connectivity index (χ4n) is 7.24. The highest BCUT2D eigenvalue weighted by Gasteiger charge is 2.46. The number of anilines is 1. The molecule has 334 valence electrons. The van der Waals surface area contributed by atoms with E-state index in [0.29, 0.717) is 28.8 Å². The van der Waals surface area contributed by atoms with Gasteiger partial charge >= 0.3 is 7.82 Å². The second-order valence-electron chi connectivity index (χ2n) is 15.5. The number of unbranched alkanes of at least 4 members (excludes halogenated alkanes) is 16. The second kappa shape index (κ2) is 26.2. The van der Waals surface area contributed by atoms with Gasteiger partial charge in [-0.05, 0) is 36.2 Å². The van der Waals surface area contributed by atoms with Gasteiger partial charge in [-0.15, -0.1) is 0 Å². The van der Waals surface area contributed by atoms with Gasteiger partial charge in [0.15, 0.2) is 5.82 Å². The van der Waals surface area contributed by atoms with Crippen LogP contribution in [0.5, 0.6) is 0 Å². The van der Waals surface area contributed by atoms with Crippen molar-refractivity contribution >= 4 is 19.2 Å². The average molecular weight is 866 g/mol. The Balaban J connectivity index is 1.27. The normalized spacial score (nSPS) is 15.1. The van der Waals surface area contributed by atoms with Crippen LogP contribution in [0.15, 0.2) is 49.3 Å². The zero-order valence-electron chi connectivity index (χ0n) is 35.7. The lowest BCUT2D eigenvalue weighted by Crippen LogP contribution is -2.50. The smallest absolute Gasteiger partial charge is 0.386 e. The van der Waals surface area contributed by atoms with Crippen LogP contribution in [-0.2, 0) is 29.7 Å². The number of aliphatic hydroxyl groups excluding tert-OH is 2. The Morgan fingerprint density at radius 2 is 1.51 bits per heavy atom. The van der Waals surface area contributed by atoms with E-state index < -0.39 is 38.3 Å². The number of ether oxygens (including phenoxy) is 2. The molecule has 18 heteroatoms. The number of rotatable bonds is 32. The van der Waals surface area contributed by atoms with Gasteiger partial charge in [0.05, 0.1) is 36.3 Å². The summed E-state index contributed by atoms with van der Waals surface area (Å²) >= 11 is 0. The number of nitrogen functional groups attached to an aromatic ring is 1. The number of phosphoric ester groups is 1. The molecule has 0 aliphatic carbocycles. The molecule has 5 atom stereocenters. The Morgan fingerprint density at radius 1 is 0.869 bits per heavy atom. The van der Waals surface area contributed by atoms with E-state index in [9.17, 15) is 30.2 Å². The quantitative estimate of drug-likeness (QED) is 0.0270. The highest BCUT2D eigenvalue weighted by Crippen LogP contribution is 2.45. The van der Waals surface area contributed by atoms with Crippen LogP contribution in [0.1, 0.15) is 145 Å². The maximum Gasteiger partial charge on any atom is 0.472 e. The minimum absolute atomic E-state index is 0.0657. The van der Waals surface area contributed by atoms with Crippen LogP contribution in [0, 0.1) is 22.7 Å². The summed E-state index contributed by atoms with van der Waals surface area (Å²) in [6, 6.07) is 12.2. The number of aromatic nitrogens is 6. The highest BCUT2D eigenvalue weighted by atomic mass is 31.2. The van der Waals surface area contributed by atoms with Gasteiger partial charge in [-0.25, -0.2) is 23.7 Å². The largest absolute Gasteiger partial charge is 0.472 e. The number of fused-ring (bicyclic) bond motifs is 1. The van der Waals surface area contributed by atoms with E-state index in [4.69, 9.17) is 24.3 Å². The molecule has 0 saturated heterocycles. The molecular weight excluding hydrogens is 802 g/mol. The number of nitrogens with two attached hydrogens (primary N) is 1. The predicted octanol–water partition coefficient (Wildman–Crippen LogP) is 7.83. The number of nitriles is 2. The predicted molar refractivity (Wildman–Crippen MR) is 229 cm³/mol. The Morgan fingerprint density at radius 3 is 2.08 bits per heavy atom. The van der Waals surface area contributed by atoms with Crippen LogP contribution in [0.4, 0.5) is 5.82 Å². The van der Waals surface area contributed by atoms with Crippen molar-refractivity contribution < 1.29 is 38.2 Å².